The number of ether oxygens (including phenoxy) is 2. The van der Waals surface area contributed by atoms with E-state index in [0.29, 0.717) is 36.4 Å². The lowest BCUT2D eigenvalue weighted by Crippen LogP contribution is -2.49. The fourth-order valence-electron chi connectivity index (χ4n) is 2.62. The fraction of sp³-hybridized carbons (Fsp3) is 0.571. The lowest BCUT2D eigenvalue weighted by Gasteiger charge is -2.36. The van der Waals surface area contributed by atoms with Gasteiger partial charge in [0.1, 0.15) is 17.5 Å². The Kier molecular flexibility index (Phi) is 9.74. The van der Waals surface area contributed by atoms with Crippen LogP contribution >= 0.6 is 40.7 Å². The van der Waals surface area contributed by atoms with Gasteiger partial charge in [0, 0.05) is 31.7 Å². The molecule has 1 heterocycles. The van der Waals surface area contributed by atoms with E-state index in [1.165, 1.54) is 31.3 Å². The first-order chi connectivity index (χ1) is 10.4. The molecule has 0 aromatic heterocycles. The first-order valence-corrected chi connectivity index (χ1v) is 7.60. The van der Waals surface area contributed by atoms with Crippen molar-refractivity contribution in [1.82, 2.24) is 10.2 Å². The zero-order valence-corrected chi connectivity index (χ0v) is 16.4. The normalized spacial score (nSPS) is 16.6. The highest BCUT2D eigenvalue weighted by molar-refractivity contribution is 9.10. The molecule has 140 valence electrons. The van der Waals surface area contributed by atoms with Crippen LogP contribution in [0.15, 0.2) is 16.6 Å². The number of alkyl halides is 3. The highest BCUT2D eigenvalue weighted by Crippen LogP contribution is 2.44. The summed E-state index contributed by atoms with van der Waals surface area (Å²) in [4.78, 5) is 1.42. The number of hydrogen-bond donors (Lipinski definition) is 1. The first-order valence-electron chi connectivity index (χ1n) is 6.81. The smallest absolute Gasteiger partial charge is 0.408 e. The molecule has 1 aromatic rings. The number of halogens is 6. The summed E-state index contributed by atoms with van der Waals surface area (Å²) < 4.78 is 51.9. The molecule has 10 heteroatoms. The molecular formula is C14H20BrCl2F3N2O2. The quantitative estimate of drug-likeness (QED) is 0.748. The molecule has 0 radical (unpaired) electrons. The summed E-state index contributed by atoms with van der Waals surface area (Å²) in [6.45, 7) is 1.71. The molecule has 1 atom stereocenters. The van der Waals surface area contributed by atoms with E-state index < -0.39 is 12.2 Å². The molecule has 24 heavy (non-hydrogen) atoms. The summed E-state index contributed by atoms with van der Waals surface area (Å²) in [5.74, 6) is 0.536. The van der Waals surface area contributed by atoms with Crippen LogP contribution in [-0.4, -0.2) is 51.5 Å². The van der Waals surface area contributed by atoms with E-state index in [0.717, 1.165) is 0 Å². The molecule has 1 aromatic carbocycles. The number of nitrogens with zero attached hydrogens (tertiary/aromatic N) is 1. The van der Waals surface area contributed by atoms with Gasteiger partial charge >= 0.3 is 6.18 Å². The average Bonchev–Trinajstić information content (AvgIpc) is 2.48. The number of benzene rings is 1. The van der Waals surface area contributed by atoms with Gasteiger partial charge in [0.2, 0.25) is 0 Å². The maximum Gasteiger partial charge on any atom is 0.408 e. The van der Waals surface area contributed by atoms with Crippen LogP contribution in [0.25, 0.3) is 0 Å². The van der Waals surface area contributed by atoms with Crippen LogP contribution in [0.4, 0.5) is 13.2 Å². The Morgan fingerprint density at radius 1 is 1.08 bits per heavy atom. The van der Waals surface area contributed by atoms with E-state index in [2.05, 4.69) is 21.2 Å². The van der Waals surface area contributed by atoms with Gasteiger partial charge in [0.25, 0.3) is 0 Å². The Balaban J connectivity index is 0.00000264. The Morgan fingerprint density at radius 3 is 2.08 bits per heavy atom. The Bertz CT molecular complexity index is 529. The Hall–Kier alpha value is -0.410. The molecule has 0 aliphatic carbocycles. The van der Waals surface area contributed by atoms with Gasteiger partial charge in [0.05, 0.1) is 18.7 Å². The predicted molar refractivity (Wildman–Crippen MR) is 95.0 cm³/mol. The Morgan fingerprint density at radius 2 is 1.62 bits per heavy atom. The zero-order chi connectivity index (χ0) is 16.3. The lowest BCUT2D eigenvalue weighted by molar-refractivity contribution is -0.188. The zero-order valence-electron chi connectivity index (χ0n) is 13.2. The first kappa shape index (κ1) is 23.6. The maximum absolute atomic E-state index is 13.7. The van der Waals surface area contributed by atoms with E-state index >= 15 is 0 Å². The van der Waals surface area contributed by atoms with Gasteiger partial charge in [-0.1, -0.05) is 0 Å². The van der Waals surface area contributed by atoms with Gasteiger partial charge in [-0.2, -0.15) is 13.2 Å². The minimum Gasteiger partial charge on any atom is -0.496 e. The molecule has 1 aliphatic heterocycles. The monoisotopic (exact) mass is 454 g/mol. The SMILES string of the molecule is COc1cc([C@@H](N2CCNCC2)C(F)(F)F)c(OC)cc1Br.Cl.Cl. The number of methoxy groups -OCH3 is 2. The minimum absolute atomic E-state index is 0. The number of rotatable bonds is 4. The second-order valence-corrected chi connectivity index (χ2v) is 5.81. The van der Waals surface area contributed by atoms with Gasteiger partial charge in [-0.25, -0.2) is 0 Å². The van der Waals surface area contributed by atoms with Crippen molar-refractivity contribution < 1.29 is 22.6 Å². The van der Waals surface area contributed by atoms with E-state index in [4.69, 9.17) is 9.47 Å². The van der Waals surface area contributed by atoms with Crippen LogP contribution in [0.1, 0.15) is 11.6 Å². The molecule has 0 amide bonds. The molecular weight excluding hydrogens is 436 g/mol. The minimum atomic E-state index is -4.40. The van der Waals surface area contributed by atoms with Crippen LogP contribution in [0.3, 0.4) is 0 Å². The average molecular weight is 456 g/mol. The molecule has 1 aliphatic rings. The van der Waals surface area contributed by atoms with Gasteiger partial charge in [-0.05, 0) is 28.1 Å². The van der Waals surface area contributed by atoms with Crippen LogP contribution in [0, 0.1) is 0 Å². The van der Waals surface area contributed by atoms with E-state index in [-0.39, 0.29) is 36.1 Å². The number of nitrogens with one attached hydrogen (secondary N) is 1. The lowest BCUT2D eigenvalue weighted by atomic mass is 10.0. The van der Waals surface area contributed by atoms with Crippen molar-refractivity contribution >= 4 is 40.7 Å². The molecule has 0 saturated carbocycles. The molecule has 0 bridgehead atoms. The van der Waals surface area contributed by atoms with Crippen molar-refractivity contribution in [2.24, 2.45) is 0 Å². The third-order valence-corrected chi connectivity index (χ3v) is 4.25. The van der Waals surface area contributed by atoms with Crippen LogP contribution in [0.5, 0.6) is 11.5 Å². The topological polar surface area (TPSA) is 33.7 Å². The molecule has 2 rings (SSSR count). The third-order valence-electron chi connectivity index (χ3n) is 3.63. The highest BCUT2D eigenvalue weighted by Gasteiger charge is 2.46. The summed E-state index contributed by atoms with van der Waals surface area (Å²) in [5.41, 5.74) is 0.0666. The van der Waals surface area contributed by atoms with E-state index in [1.807, 2.05) is 0 Å². The van der Waals surface area contributed by atoms with Gasteiger partial charge in [0.15, 0.2) is 0 Å². The standard InChI is InChI=1S/C14H18BrF3N2O2.2ClH/c1-21-11-8-10(15)12(22-2)7-9(11)13(14(16,17)18)20-5-3-19-4-6-20;;/h7-8,13,19H,3-6H2,1-2H3;2*1H/t13-;;/m1../s1. The second kappa shape index (κ2) is 9.91. The summed E-state index contributed by atoms with van der Waals surface area (Å²) in [6, 6.07) is 1.18. The highest BCUT2D eigenvalue weighted by atomic mass is 79.9. The molecule has 1 N–H and O–H groups in total. The second-order valence-electron chi connectivity index (χ2n) is 4.96. The summed E-state index contributed by atoms with van der Waals surface area (Å²) in [6.07, 6.45) is -4.40. The molecule has 4 nitrogen and oxygen atoms in total. The molecule has 0 spiro atoms. The predicted octanol–water partition coefficient (Wildman–Crippen LogP) is 3.82. The van der Waals surface area contributed by atoms with Crippen molar-refractivity contribution in [3.05, 3.63) is 22.2 Å². The van der Waals surface area contributed by atoms with Crippen LogP contribution in [-0.2, 0) is 0 Å². The van der Waals surface area contributed by atoms with Crippen LogP contribution < -0.4 is 14.8 Å². The third kappa shape index (κ3) is 5.29. The van der Waals surface area contributed by atoms with Crippen LogP contribution in [0.2, 0.25) is 0 Å². The molecule has 1 fully saturated rings. The van der Waals surface area contributed by atoms with Gasteiger partial charge in [-0.15, -0.1) is 24.8 Å². The largest absolute Gasteiger partial charge is 0.496 e. The Labute approximate surface area is 160 Å². The summed E-state index contributed by atoms with van der Waals surface area (Å²) in [7, 11) is 2.78. The van der Waals surface area contributed by atoms with Crippen molar-refractivity contribution in [3.63, 3.8) is 0 Å². The van der Waals surface area contributed by atoms with Crippen molar-refractivity contribution in [2.75, 3.05) is 40.4 Å². The van der Waals surface area contributed by atoms with Gasteiger partial charge in [-0.3, -0.25) is 4.90 Å². The summed E-state index contributed by atoms with van der Waals surface area (Å²) >= 11 is 3.27. The van der Waals surface area contributed by atoms with Crippen molar-refractivity contribution in [1.29, 1.82) is 0 Å². The molecule has 0 unspecified atom stereocenters. The molecule has 1 saturated heterocycles. The van der Waals surface area contributed by atoms with Gasteiger partial charge < -0.3 is 14.8 Å². The van der Waals surface area contributed by atoms with E-state index in [9.17, 15) is 13.2 Å². The maximum atomic E-state index is 13.7. The van der Waals surface area contributed by atoms with Crippen molar-refractivity contribution in [3.8, 4) is 11.5 Å². The van der Waals surface area contributed by atoms with E-state index in [1.54, 1.807) is 0 Å². The number of hydrogen-bond acceptors (Lipinski definition) is 4. The summed E-state index contributed by atoms with van der Waals surface area (Å²) in [5, 5.41) is 3.06. The fourth-order valence-corrected chi connectivity index (χ4v) is 3.10. The van der Waals surface area contributed by atoms with Crippen molar-refractivity contribution in [2.45, 2.75) is 12.2 Å². The number of piperazine rings is 1.